The second-order valence-corrected chi connectivity index (χ2v) is 2.33. The van der Waals surface area contributed by atoms with Crippen LogP contribution < -0.4 is 10.5 Å². The molecule has 0 spiro atoms. The van der Waals surface area contributed by atoms with Gasteiger partial charge in [-0.25, -0.2) is 8.78 Å². The highest BCUT2D eigenvalue weighted by atomic mass is 35.5. The number of aromatic nitrogens is 1. The number of halogens is 5. The third-order valence-electron chi connectivity index (χ3n) is 1.36. The number of rotatable bonds is 3. The van der Waals surface area contributed by atoms with E-state index in [1.807, 2.05) is 0 Å². The molecule has 3 nitrogen and oxygen atoms in total. The third kappa shape index (κ3) is 3.78. The highest BCUT2D eigenvalue weighted by Gasteiger charge is 2.14. The van der Waals surface area contributed by atoms with Crippen LogP contribution in [0.15, 0.2) is 12.3 Å². The van der Waals surface area contributed by atoms with E-state index in [0.29, 0.717) is 6.07 Å². The number of alkyl halides is 4. The molecule has 15 heavy (non-hydrogen) atoms. The Bertz CT molecular complexity index is 324. The largest absolute Gasteiger partial charge is 0.432 e. The van der Waals surface area contributed by atoms with E-state index >= 15 is 0 Å². The lowest BCUT2D eigenvalue weighted by Crippen LogP contribution is -2.06. The summed E-state index contributed by atoms with van der Waals surface area (Å²) in [6, 6.07) is 0.687. The van der Waals surface area contributed by atoms with Crippen molar-refractivity contribution in [2.45, 2.75) is 13.0 Å². The minimum absolute atomic E-state index is 0. The second kappa shape index (κ2) is 5.59. The zero-order valence-corrected chi connectivity index (χ0v) is 7.98. The van der Waals surface area contributed by atoms with Gasteiger partial charge in [0.15, 0.2) is 5.75 Å². The van der Waals surface area contributed by atoms with E-state index in [9.17, 15) is 17.6 Å². The Balaban J connectivity index is 0.00000196. The van der Waals surface area contributed by atoms with Crippen molar-refractivity contribution >= 4 is 18.1 Å². The molecule has 86 valence electrons. The van der Waals surface area contributed by atoms with E-state index in [-0.39, 0.29) is 18.1 Å². The molecule has 1 aromatic heterocycles. The lowest BCUT2D eigenvalue weighted by atomic mass is 10.3. The van der Waals surface area contributed by atoms with Crippen LogP contribution in [-0.2, 0) is 0 Å². The van der Waals surface area contributed by atoms with Gasteiger partial charge in [-0.15, -0.1) is 12.4 Å². The van der Waals surface area contributed by atoms with Gasteiger partial charge in [0.2, 0.25) is 0 Å². The summed E-state index contributed by atoms with van der Waals surface area (Å²) in [7, 11) is 0. The summed E-state index contributed by atoms with van der Waals surface area (Å²) in [5.74, 6) is -0.495. The van der Waals surface area contributed by atoms with E-state index in [4.69, 9.17) is 5.73 Å². The first kappa shape index (κ1) is 13.8. The van der Waals surface area contributed by atoms with Crippen LogP contribution >= 0.6 is 12.4 Å². The monoisotopic (exact) mass is 246 g/mol. The number of nitrogens with two attached hydrogens (primary N) is 1. The Kier molecular flexibility index (Phi) is 5.13. The van der Waals surface area contributed by atoms with Crippen molar-refractivity contribution < 1.29 is 22.3 Å². The van der Waals surface area contributed by atoms with Gasteiger partial charge in [-0.2, -0.15) is 8.78 Å². The number of hydrogen-bond acceptors (Lipinski definition) is 3. The van der Waals surface area contributed by atoms with E-state index in [0.717, 1.165) is 6.20 Å². The molecule has 0 aliphatic carbocycles. The van der Waals surface area contributed by atoms with Crippen LogP contribution in [0.4, 0.5) is 23.2 Å². The standard InChI is InChI=1S/C7H6F4N2O.ClH/c8-6(9)4-1-5(14-7(10)11)3(12)2-13-4;/h1-2,6-7H,12H2;1H. The minimum Gasteiger partial charge on any atom is -0.432 e. The summed E-state index contributed by atoms with van der Waals surface area (Å²) in [6.07, 6.45) is -2.00. The average molecular weight is 247 g/mol. The Morgan fingerprint density at radius 3 is 2.33 bits per heavy atom. The molecule has 0 aliphatic rings. The van der Waals surface area contributed by atoms with Crippen molar-refractivity contribution in [3.63, 3.8) is 0 Å². The van der Waals surface area contributed by atoms with Gasteiger partial charge in [-0.1, -0.05) is 0 Å². The highest BCUT2D eigenvalue weighted by molar-refractivity contribution is 5.85. The molecular weight excluding hydrogens is 240 g/mol. The molecule has 0 saturated carbocycles. The van der Waals surface area contributed by atoms with Gasteiger partial charge < -0.3 is 10.5 Å². The molecule has 0 radical (unpaired) electrons. The molecule has 1 rings (SSSR count). The first-order chi connectivity index (χ1) is 6.50. The van der Waals surface area contributed by atoms with Crippen molar-refractivity contribution in [3.05, 3.63) is 18.0 Å². The van der Waals surface area contributed by atoms with E-state index < -0.39 is 24.5 Å². The fraction of sp³-hybridized carbons (Fsp3) is 0.286. The van der Waals surface area contributed by atoms with Crippen LogP contribution in [0.3, 0.4) is 0 Å². The lowest BCUT2D eigenvalue weighted by Gasteiger charge is -2.08. The number of anilines is 1. The van der Waals surface area contributed by atoms with Gasteiger partial charge in [-0.3, -0.25) is 4.98 Å². The van der Waals surface area contributed by atoms with Crippen LogP contribution in [0, 0.1) is 0 Å². The second-order valence-electron chi connectivity index (χ2n) is 2.33. The molecule has 2 N–H and O–H groups in total. The van der Waals surface area contributed by atoms with Crippen molar-refractivity contribution in [2.24, 2.45) is 0 Å². The van der Waals surface area contributed by atoms with Gasteiger partial charge in [0.25, 0.3) is 6.43 Å². The molecule has 1 heterocycles. The topological polar surface area (TPSA) is 48.1 Å². The first-order valence-electron chi connectivity index (χ1n) is 3.49. The maximum Gasteiger partial charge on any atom is 0.387 e. The normalized spacial score (nSPS) is 10.3. The predicted octanol–water partition coefficient (Wildman–Crippen LogP) is 2.62. The highest BCUT2D eigenvalue weighted by Crippen LogP contribution is 2.27. The summed E-state index contributed by atoms with van der Waals surface area (Å²) in [4.78, 5) is 3.25. The molecule has 0 aliphatic heterocycles. The summed E-state index contributed by atoms with van der Waals surface area (Å²) in [6.45, 7) is -3.11. The fourth-order valence-electron chi connectivity index (χ4n) is 0.780. The van der Waals surface area contributed by atoms with E-state index in [2.05, 4.69) is 9.72 Å². The Morgan fingerprint density at radius 2 is 1.87 bits per heavy atom. The minimum atomic E-state index is -3.11. The van der Waals surface area contributed by atoms with Gasteiger partial charge in [0, 0.05) is 6.07 Å². The number of hydrogen-bond donors (Lipinski definition) is 1. The first-order valence-corrected chi connectivity index (χ1v) is 3.49. The number of ether oxygens (including phenoxy) is 1. The third-order valence-corrected chi connectivity index (χ3v) is 1.36. The van der Waals surface area contributed by atoms with Crippen molar-refractivity contribution in [1.82, 2.24) is 4.98 Å². The van der Waals surface area contributed by atoms with E-state index in [1.165, 1.54) is 0 Å². The molecule has 8 heteroatoms. The lowest BCUT2D eigenvalue weighted by molar-refractivity contribution is -0.0495. The molecule has 0 atom stereocenters. The SMILES string of the molecule is Cl.Nc1cnc(C(F)F)cc1OC(F)F. The zero-order chi connectivity index (χ0) is 10.7. The smallest absolute Gasteiger partial charge is 0.387 e. The van der Waals surface area contributed by atoms with Crippen LogP contribution in [0.2, 0.25) is 0 Å². The molecule has 0 bridgehead atoms. The molecular formula is C7H7ClF4N2O. The summed E-state index contributed by atoms with van der Waals surface area (Å²) in [5, 5.41) is 0. The van der Waals surface area contributed by atoms with Gasteiger partial charge in [0.1, 0.15) is 5.69 Å². The molecule has 0 unspecified atom stereocenters. The Hall–Kier alpha value is -1.24. The van der Waals surface area contributed by atoms with Crippen molar-refractivity contribution in [3.8, 4) is 5.75 Å². The Morgan fingerprint density at radius 1 is 1.27 bits per heavy atom. The summed E-state index contributed by atoms with van der Waals surface area (Å²) in [5.41, 5.74) is 4.30. The maximum atomic E-state index is 12.1. The van der Waals surface area contributed by atoms with Crippen molar-refractivity contribution in [1.29, 1.82) is 0 Å². The maximum absolute atomic E-state index is 12.1. The summed E-state index contributed by atoms with van der Waals surface area (Å²) >= 11 is 0. The van der Waals surface area contributed by atoms with Gasteiger partial charge in [-0.05, 0) is 0 Å². The number of nitrogen functional groups attached to an aromatic ring is 1. The molecule has 0 aromatic carbocycles. The fourth-order valence-corrected chi connectivity index (χ4v) is 0.780. The molecule has 1 aromatic rings. The number of nitrogens with zero attached hydrogens (tertiary/aromatic N) is 1. The van der Waals surface area contributed by atoms with E-state index in [1.54, 1.807) is 0 Å². The van der Waals surface area contributed by atoms with Crippen LogP contribution in [-0.4, -0.2) is 11.6 Å². The molecule has 0 fully saturated rings. The summed E-state index contributed by atoms with van der Waals surface area (Å²) < 4.78 is 51.5. The Labute approximate surface area is 88.6 Å². The molecule has 0 amide bonds. The predicted molar refractivity (Wildman–Crippen MR) is 47.5 cm³/mol. The number of pyridine rings is 1. The van der Waals surface area contributed by atoms with Gasteiger partial charge in [0.05, 0.1) is 11.9 Å². The average Bonchev–Trinajstić information content (AvgIpc) is 2.07. The molecule has 0 saturated heterocycles. The zero-order valence-electron chi connectivity index (χ0n) is 7.16. The quantitative estimate of drug-likeness (QED) is 0.834. The van der Waals surface area contributed by atoms with Gasteiger partial charge >= 0.3 is 6.61 Å². The van der Waals surface area contributed by atoms with Crippen LogP contribution in [0.25, 0.3) is 0 Å². The van der Waals surface area contributed by atoms with Crippen LogP contribution in [0.1, 0.15) is 12.1 Å². The van der Waals surface area contributed by atoms with Crippen LogP contribution in [0.5, 0.6) is 5.75 Å². The van der Waals surface area contributed by atoms with Crippen molar-refractivity contribution in [2.75, 3.05) is 5.73 Å².